The van der Waals surface area contributed by atoms with Gasteiger partial charge in [-0.15, -0.1) is 0 Å². The summed E-state index contributed by atoms with van der Waals surface area (Å²) in [5, 5.41) is 7.34. The van der Waals surface area contributed by atoms with Crippen LogP contribution in [0.1, 0.15) is 71.0 Å². The summed E-state index contributed by atoms with van der Waals surface area (Å²) in [6.07, 6.45) is 6.95. The maximum absolute atomic E-state index is 12.9. The zero-order chi connectivity index (χ0) is 16.8. The van der Waals surface area contributed by atoms with Crippen LogP contribution in [0.25, 0.3) is 0 Å². The summed E-state index contributed by atoms with van der Waals surface area (Å²) in [4.78, 5) is 24.1. The minimum absolute atomic E-state index is 0.0613. The fourth-order valence-electron chi connectivity index (χ4n) is 3.79. The van der Waals surface area contributed by atoms with E-state index in [1.807, 2.05) is 17.2 Å². The molecule has 4 heterocycles. The number of nitrogens with one attached hydrogen (secondary N) is 1. The lowest BCUT2D eigenvalue weighted by atomic mass is 10.1. The molecule has 0 unspecified atom stereocenters. The highest BCUT2D eigenvalue weighted by Gasteiger charge is 2.35. The van der Waals surface area contributed by atoms with E-state index in [0.717, 1.165) is 74.6 Å². The Morgan fingerprint density at radius 3 is 3.12 bits per heavy atom. The third kappa shape index (κ3) is 2.72. The Hall–Kier alpha value is -2.28. The largest absolute Gasteiger partial charge is 0.360 e. The van der Waals surface area contributed by atoms with E-state index in [4.69, 9.17) is 9.51 Å². The van der Waals surface area contributed by atoms with Crippen LogP contribution in [0.2, 0.25) is 0 Å². The smallest absolute Gasteiger partial charge is 0.276 e. The first-order valence-electron chi connectivity index (χ1n) is 9.12. The molecule has 1 saturated heterocycles. The normalized spacial score (nSPS) is 22.9. The summed E-state index contributed by atoms with van der Waals surface area (Å²) in [5.74, 6) is 2.00. The minimum Gasteiger partial charge on any atom is -0.360 e. The number of hydrogen-bond donors (Lipinski definition) is 1. The van der Waals surface area contributed by atoms with Gasteiger partial charge < -0.3 is 14.7 Å². The second-order valence-corrected chi connectivity index (χ2v) is 7.17. The molecule has 0 aromatic carbocycles. The highest BCUT2D eigenvalue weighted by molar-refractivity contribution is 5.92. The summed E-state index contributed by atoms with van der Waals surface area (Å²) in [7, 11) is 0. The number of carbonyl (C=O) groups is 1. The summed E-state index contributed by atoms with van der Waals surface area (Å²) in [5.41, 5.74) is 2.69. The predicted molar refractivity (Wildman–Crippen MR) is 88.9 cm³/mol. The highest BCUT2D eigenvalue weighted by Crippen LogP contribution is 2.40. The lowest BCUT2D eigenvalue weighted by Gasteiger charge is -2.24. The van der Waals surface area contributed by atoms with E-state index in [1.165, 1.54) is 0 Å². The van der Waals surface area contributed by atoms with Gasteiger partial charge in [-0.25, -0.2) is 9.97 Å². The second kappa shape index (κ2) is 5.91. The second-order valence-electron chi connectivity index (χ2n) is 7.17. The number of fused-ring (bicyclic) bond motifs is 1. The van der Waals surface area contributed by atoms with Crippen LogP contribution in [0, 0.1) is 0 Å². The van der Waals surface area contributed by atoms with Gasteiger partial charge in [-0.05, 0) is 25.7 Å². The first-order chi connectivity index (χ1) is 12.3. The molecule has 25 heavy (non-hydrogen) atoms. The summed E-state index contributed by atoms with van der Waals surface area (Å²) >= 11 is 0. The molecule has 2 fully saturated rings. The van der Waals surface area contributed by atoms with Crippen molar-refractivity contribution in [2.45, 2.75) is 50.6 Å². The molecule has 0 bridgehead atoms. The topological polar surface area (TPSA) is 84.2 Å². The van der Waals surface area contributed by atoms with Crippen molar-refractivity contribution < 1.29 is 9.32 Å². The summed E-state index contributed by atoms with van der Waals surface area (Å²) in [6, 6.07) is 1.75. The maximum atomic E-state index is 12.9. The number of rotatable bonds is 3. The molecule has 1 amide bonds. The van der Waals surface area contributed by atoms with Crippen LogP contribution in [0.4, 0.5) is 0 Å². The number of hydrogen-bond acceptors (Lipinski definition) is 6. The van der Waals surface area contributed by atoms with E-state index in [-0.39, 0.29) is 11.9 Å². The van der Waals surface area contributed by atoms with Gasteiger partial charge in [0.05, 0.1) is 6.04 Å². The monoisotopic (exact) mass is 339 g/mol. The Bertz CT molecular complexity index is 814. The zero-order valence-corrected chi connectivity index (χ0v) is 14.1. The van der Waals surface area contributed by atoms with Gasteiger partial charge in [0.15, 0.2) is 11.5 Å². The zero-order valence-electron chi connectivity index (χ0n) is 14.1. The third-order valence-corrected chi connectivity index (χ3v) is 5.37. The fraction of sp³-hybridized carbons (Fsp3) is 0.556. The van der Waals surface area contributed by atoms with Crippen LogP contribution in [0.3, 0.4) is 0 Å². The van der Waals surface area contributed by atoms with Gasteiger partial charge in [-0.2, -0.15) is 0 Å². The van der Waals surface area contributed by atoms with Crippen molar-refractivity contribution in [2.24, 2.45) is 0 Å². The molecule has 0 spiro atoms. The van der Waals surface area contributed by atoms with Crippen molar-refractivity contribution in [1.82, 2.24) is 25.3 Å². The lowest BCUT2D eigenvalue weighted by molar-refractivity contribution is 0.0719. The quantitative estimate of drug-likeness (QED) is 0.920. The average Bonchev–Trinajstić information content (AvgIpc) is 3.19. The van der Waals surface area contributed by atoms with E-state index in [1.54, 1.807) is 0 Å². The number of likely N-dealkylation sites (tertiary alicyclic amines) is 1. The molecule has 7 heteroatoms. The average molecular weight is 339 g/mol. The molecule has 0 radical (unpaired) electrons. The van der Waals surface area contributed by atoms with E-state index in [9.17, 15) is 4.79 Å². The fourth-order valence-corrected chi connectivity index (χ4v) is 3.79. The third-order valence-electron chi connectivity index (χ3n) is 5.37. The van der Waals surface area contributed by atoms with Crippen LogP contribution >= 0.6 is 0 Å². The van der Waals surface area contributed by atoms with Crippen LogP contribution in [0.15, 0.2) is 16.8 Å². The van der Waals surface area contributed by atoms with Gasteiger partial charge in [0.25, 0.3) is 5.91 Å². The maximum Gasteiger partial charge on any atom is 0.276 e. The predicted octanol–water partition coefficient (Wildman–Crippen LogP) is 1.97. The van der Waals surface area contributed by atoms with Gasteiger partial charge in [0.2, 0.25) is 0 Å². The van der Waals surface area contributed by atoms with Gasteiger partial charge in [-0.1, -0.05) is 5.16 Å². The molecule has 2 aromatic rings. The highest BCUT2D eigenvalue weighted by atomic mass is 16.5. The van der Waals surface area contributed by atoms with E-state index in [2.05, 4.69) is 15.5 Å². The summed E-state index contributed by atoms with van der Waals surface area (Å²) in [6.45, 7) is 2.49. The molecule has 7 nitrogen and oxygen atoms in total. The number of amides is 1. The summed E-state index contributed by atoms with van der Waals surface area (Å²) < 4.78 is 5.35. The SMILES string of the molecule is O=C(c1cc(C2CC2)on1)N1CCC[C@@H]1c1ncc2c(n1)CCNC2. The number of carbonyl (C=O) groups excluding carboxylic acids is 1. The Balaban J connectivity index is 1.40. The molecule has 2 aromatic heterocycles. The molecule has 1 aliphatic carbocycles. The van der Waals surface area contributed by atoms with Gasteiger partial charge in [0.1, 0.15) is 5.76 Å². The minimum atomic E-state index is -0.0684. The molecule has 130 valence electrons. The molecule has 1 saturated carbocycles. The lowest BCUT2D eigenvalue weighted by Crippen LogP contribution is -2.32. The van der Waals surface area contributed by atoms with Crippen molar-refractivity contribution in [2.75, 3.05) is 13.1 Å². The van der Waals surface area contributed by atoms with Gasteiger partial charge >= 0.3 is 0 Å². The molecule has 2 aliphatic heterocycles. The van der Waals surface area contributed by atoms with Crippen LogP contribution in [0.5, 0.6) is 0 Å². The van der Waals surface area contributed by atoms with Crippen LogP contribution < -0.4 is 5.32 Å². The molecule has 3 aliphatic rings. The Labute approximate surface area is 145 Å². The van der Waals surface area contributed by atoms with Gasteiger partial charge in [-0.3, -0.25) is 4.79 Å². The van der Waals surface area contributed by atoms with Crippen molar-refractivity contribution in [1.29, 1.82) is 0 Å². The first kappa shape index (κ1) is 15.0. The van der Waals surface area contributed by atoms with Gasteiger partial charge in [0, 0.05) is 55.5 Å². The van der Waals surface area contributed by atoms with Crippen LogP contribution in [-0.4, -0.2) is 39.0 Å². The number of aromatic nitrogens is 3. The first-order valence-corrected chi connectivity index (χ1v) is 9.12. The molecule has 5 rings (SSSR count). The van der Waals surface area contributed by atoms with Crippen molar-refractivity contribution in [3.63, 3.8) is 0 Å². The van der Waals surface area contributed by atoms with Crippen LogP contribution in [-0.2, 0) is 13.0 Å². The standard InChI is InChI=1S/C18H21N5O2/c24-18(14-8-16(25-22-14)11-3-4-11)23-7-1-2-15(23)17-20-10-12-9-19-6-5-13(12)21-17/h8,10-11,15,19H,1-7,9H2/t15-/m1/s1. The molecule has 1 N–H and O–H groups in total. The molecular weight excluding hydrogens is 318 g/mol. The van der Waals surface area contributed by atoms with Crippen molar-refractivity contribution in [3.05, 3.63) is 40.8 Å². The Morgan fingerprint density at radius 1 is 1.32 bits per heavy atom. The van der Waals surface area contributed by atoms with Crippen molar-refractivity contribution >= 4 is 5.91 Å². The Kier molecular flexibility index (Phi) is 3.55. The van der Waals surface area contributed by atoms with E-state index in [0.29, 0.717) is 11.6 Å². The van der Waals surface area contributed by atoms with E-state index < -0.39 is 0 Å². The molecule has 1 atom stereocenters. The Morgan fingerprint density at radius 2 is 2.24 bits per heavy atom. The molecular formula is C18H21N5O2. The van der Waals surface area contributed by atoms with Crippen molar-refractivity contribution in [3.8, 4) is 0 Å². The number of nitrogens with zero attached hydrogens (tertiary/aromatic N) is 4. The van der Waals surface area contributed by atoms with E-state index >= 15 is 0 Å².